The van der Waals surface area contributed by atoms with Crippen molar-refractivity contribution in [1.29, 1.82) is 5.26 Å². The summed E-state index contributed by atoms with van der Waals surface area (Å²) in [7, 11) is 0. The van der Waals surface area contributed by atoms with E-state index in [1.807, 2.05) is 24.3 Å². The highest BCUT2D eigenvalue weighted by Crippen LogP contribution is 2.34. The van der Waals surface area contributed by atoms with E-state index >= 15 is 0 Å². The highest BCUT2D eigenvalue weighted by atomic mass is 79.9. The zero-order chi connectivity index (χ0) is 14.7. The molecule has 0 amide bonds. The molecule has 3 rings (SSSR count). The number of nitriles is 1. The zero-order valence-corrected chi connectivity index (χ0v) is 12.7. The standard InChI is InChI=1S/C16H12BrNO3/c17-14-6-5-12(9-13(14)16-19-7-8-20-16)21-15-4-2-1-3-11(15)10-18/h1-6,9,16H,7-8H2. The molecule has 106 valence electrons. The second-order valence-corrected chi connectivity index (χ2v) is 5.32. The van der Waals surface area contributed by atoms with Gasteiger partial charge in [0.25, 0.3) is 0 Å². The number of ether oxygens (including phenoxy) is 3. The van der Waals surface area contributed by atoms with Gasteiger partial charge in [-0.05, 0) is 30.3 Å². The van der Waals surface area contributed by atoms with E-state index in [0.29, 0.717) is 30.3 Å². The van der Waals surface area contributed by atoms with Crippen molar-refractivity contribution >= 4 is 15.9 Å². The molecule has 4 nitrogen and oxygen atoms in total. The number of hydrogen-bond donors (Lipinski definition) is 0. The maximum atomic E-state index is 9.09. The molecular formula is C16H12BrNO3. The van der Waals surface area contributed by atoms with Crippen molar-refractivity contribution in [2.45, 2.75) is 6.29 Å². The van der Waals surface area contributed by atoms with Gasteiger partial charge in [0.1, 0.15) is 17.6 Å². The number of benzene rings is 2. The first-order chi connectivity index (χ1) is 10.3. The average molecular weight is 346 g/mol. The third kappa shape index (κ3) is 3.08. The van der Waals surface area contributed by atoms with Gasteiger partial charge in [-0.25, -0.2) is 0 Å². The van der Waals surface area contributed by atoms with Crippen molar-refractivity contribution in [3.8, 4) is 17.6 Å². The monoisotopic (exact) mass is 345 g/mol. The molecule has 0 radical (unpaired) electrons. The molecule has 21 heavy (non-hydrogen) atoms. The Morgan fingerprint density at radius 3 is 2.67 bits per heavy atom. The van der Waals surface area contributed by atoms with E-state index in [-0.39, 0.29) is 6.29 Å². The van der Waals surface area contributed by atoms with Gasteiger partial charge in [-0.15, -0.1) is 0 Å². The molecule has 0 aliphatic carbocycles. The molecule has 0 aromatic heterocycles. The largest absolute Gasteiger partial charge is 0.456 e. The summed E-state index contributed by atoms with van der Waals surface area (Å²) >= 11 is 3.49. The van der Waals surface area contributed by atoms with E-state index in [4.69, 9.17) is 19.5 Å². The van der Waals surface area contributed by atoms with Crippen LogP contribution in [0.15, 0.2) is 46.9 Å². The van der Waals surface area contributed by atoms with Gasteiger partial charge in [0.05, 0.1) is 18.8 Å². The number of para-hydroxylation sites is 1. The Balaban J connectivity index is 1.89. The Hall–Kier alpha value is -1.87. The van der Waals surface area contributed by atoms with Gasteiger partial charge in [-0.1, -0.05) is 28.1 Å². The molecule has 0 unspecified atom stereocenters. The summed E-state index contributed by atoms with van der Waals surface area (Å²) in [6.45, 7) is 1.17. The van der Waals surface area contributed by atoms with Crippen molar-refractivity contribution in [3.05, 3.63) is 58.1 Å². The van der Waals surface area contributed by atoms with E-state index in [0.717, 1.165) is 10.0 Å². The molecule has 1 aliphatic rings. The lowest BCUT2D eigenvalue weighted by Crippen LogP contribution is -2.00. The van der Waals surface area contributed by atoms with Crippen LogP contribution in [0.25, 0.3) is 0 Å². The van der Waals surface area contributed by atoms with Gasteiger partial charge in [-0.2, -0.15) is 5.26 Å². The third-order valence-corrected chi connectivity index (χ3v) is 3.80. The first-order valence-corrected chi connectivity index (χ1v) is 7.27. The lowest BCUT2D eigenvalue weighted by molar-refractivity contribution is -0.0447. The van der Waals surface area contributed by atoms with E-state index in [2.05, 4.69) is 22.0 Å². The van der Waals surface area contributed by atoms with Crippen LogP contribution in [0.4, 0.5) is 0 Å². The minimum atomic E-state index is -0.380. The molecule has 0 bridgehead atoms. The molecule has 0 N–H and O–H groups in total. The van der Waals surface area contributed by atoms with Crippen LogP contribution in [-0.4, -0.2) is 13.2 Å². The maximum absolute atomic E-state index is 9.09. The Kier molecular flexibility index (Phi) is 4.20. The molecule has 1 saturated heterocycles. The van der Waals surface area contributed by atoms with Crippen molar-refractivity contribution in [1.82, 2.24) is 0 Å². The van der Waals surface area contributed by atoms with Gasteiger partial charge in [0.15, 0.2) is 6.29 Å². The van der Waals surface area contributed by atoms with Crippen molar-refractivity contribution in [2.24, 2.45) is 0 Å². The summed E-state index contributed by atoms with van der Waals surface area (Å²) in [6.07, 6.45) is -0.380. The highest BCUT2D eigenvalue weighted by Gasteiger charge is 2.21. The SMILES string of the molecule is N#Cc1ccccc1Oc1ccc(Br)c(C2OCCO2)c1. The smallest absolute Gasteiger partial charge is 0.185 e. The van der Waals surface area contributed by atoms with Gasteiger partial charge >= 0.3 is 0 Å². The number of rotatable bonds is 3. The Morgan fingerprint density at radius 2 is 1.90 bits per heavy atom. The molecule has 0 atom stereocenters. The maximum Gasteiger partial charge on any atom is 0.185 e. The van der Waals surface area contributed by atoms with E-state index in [1.54, 1.807) is 18.2 Å². The van der Waals surface area contributed by atoms with Crippen LogP contribution in [0.3, 0.4) is 0 Å². The summed E-state index contributed by atoms with van der Waals surface area (Å²) in [4.78, 5) is 0. The minimum absolute atomic E-state index is 0.380. The summed E-state index contributed by atoms with van der Waals surface area (Å²) < 4.78 is 17.7. The van der Waals surface area contributed by atoms with Crippen LogP contribution in [0.5, 0.6) is 11.5 Å². The normalized spacial score (nSPS) is 14.9. The number of nitrogens with zero attached hydrogens (tertiary/aromatic N) is 1. The molecule has 1 heterocycles. The predicted octanol–water partition coefficient (Wildman–Crippen LogP) is 4.16. The molecule has 5 heteroatoms. The van der Waals surface area contributed by atoms with E-state index < -0.39 is 0 Å². The second-order valence-electron chi connectivity index (χ2n) is 4.47. The first-order valence-electron chi connectivity index (χ1n) is 6.47. The van der Waals surface area contributed by atoms with Crippen LogP contribution in [0.2, 0.25) is 0 Å². The fourth-order valence-electron chi connectivity index (χ4n) is 2.08. The van der Waals surface area contributed by atoms with Crippen LogP contribution in [0, 0.1) is 11.3 Å². The van der Waals surface area contributed by atoms with E-state index in [1.165, 1.54) is 0 Å². The van der Waals surface area contributed by atoms with Gasteiger partial charge < -0.3 is 14.2 Å². The van der Waals surface area contributed by atoms with Crippen LogP contribution in [0.1, 0.15) is 17.4 Å². The quantitative estimate of drug-likeness (QED) is 0.838. The summed E-state index contributed by atoms with van der Waals surface area (Å²) in [5.74, 6) is 1.16. The first kappa shape index (κ1) is 14.1. The fourth-order valence-corrected chi connectivity index (χ4v) is 2.51. The molecule has 1 aliphatic heterocycles. The molecule has 1 fully saturated rings. The molecular weight excluding hydrogens is 334 g/mol. The average Bonchev–Trinajstić information content (AvgIpc) is 3.04. The van der Waals surface area contributed by atoms with Gasteiger partial charge in [0, 0.05) is 10.0 Å². The Bertz CT molecular complexity index is 690. The topological polar surface area (TPSA) is 51.5 Å². The van der Waals surface area contributed by atoms with Crippen LogP contribution >= 0.6 is 15.9 Å². The predicted molar refractivity (Wildman–Crippen MR) is 80.0 cm³/mol. The van der Waals surface area contributed by atoms with Gasteiger partial charge in [0.2, 0.25) is 0 Å². The van der Waals surface area contributed by atoms with Crippen LogP contribution < -0.4 is 4.74 Å². The summed E-state index contributed by atoms with van der Waals surface area (Å²) in [5.41, 5.74) is 1.37. The summed E-state index contributed by atoms with van der Waals surface area (Å²) in [5, 5.41) is 9.09. The van der Waals surface area contributed by atoms with Crippen molar-refractivity contribution < 1.29 is 14.2 Å². The van der Waals surface area contributed by atoms with Crippen LogP contribution in [-0.2, 0) is 9.47 Å². The van der Waals surface area contributed by atoms with Gasteiger partial charge in [-0.3, -0.25) is 0 Å². The Labute approximate surface area is 131 Å². The Morgan fingerprint density at radius 1 is 1.14 bits per heavy atom. The van der Waals surface area contributed by atoms with E-state index in [9.17, 15) is 0 Å². The molecule has 2 aromatic rings. The number of hydrogen-bond acceptors (Lipinski definition) is 4. The van der Waals surface area contributed by atoms with Crippen molar-refractivity contribution in [2.75, 3.05) is 13.2 Å². The third-order valence-electron chi connectivity index (χ3n) is 3.08. The highest BCUT2D eigenvalue weighted by molar-refractivity contribution is 9.10. The molecule has 0 saturated carbocycles. The summed E-state index contributed by atoms with van der Waals surface area (Å²) in [6, 6.07) is 14.8. The molecule has 2 aromatic carbocycles. The second kappa shape index (κ2) is 6.27. The number of halogens is 1. The molecule has 0 spiro atoms. The fraction of sp³-hybridized carbons (Fsp3) is 0.188. The lowest BCUT2D eigenvalue weighted by atomic mass is 10.2. The van der Waals surface area contributed by atoms with Crippen molar-refractivity contribution in [3.63, 3.8) is 0 Å². The lowest BCUT2D eigenvalue weighted by Gasteiger charge is -2.14. The zero-order valence-electron chi connectivity index (χ0n) is 11.1. The minimum Gasteiger partial charge on any atom is -0.456 e.